The number of rotatable bonds is 5. The summed E-state index contributed by atoms with van der Waals surface area (Å²) >= 11 is 0. The van der Waals surface area contributed by atoms with Crippen molar-refractivity contribution in [1.29, 1.82) is 0 Å². The molecular formula is C22H21N5O3. The lowest BCUT2D eigenvalue weighted by Gasteiger charge is -2.10. The van der Waals surface area contributed by atoms with Crippen molar-refractivity contribution in [3.8, 4) is 11.5 Å². The van der Waals surface area contributed by atoms with Crippen LogP contribution in [0.5, 0.6) is 0 Å². The summed E-state index contributed by atoms with van der Waals surface area (Å²) in [4.78, 5) is 29.5. The van der Waals surface area contributed by atoms with Crippen LogP contribution in [0.15, 0.2) is 59.3 Å². The van der Waals surface area contributed by atoms with Crippen LogP contribution >= 0.6 is 0 Å². The fourth-order valence-electron chi connectivity index (χ4n) is 3.18. The molecule has 0 spiro atoms. The Bertz CT molecular complexity index is 1210. The van der Waals surface area contributed by atoms with Gasteiger partial charge in [0, 0.05) is 24.3 Å². The van der Waals surface area contributed by atoms with E-state index in [1.165, 1.54) is 0 Å². The Morgan fingerprint density at radius 3 is 2.50 bits per heavy atom. The van der Waals surface area contributed by atoms with Crippen molar-refractivity contribution in [2.75, 3.05) is 12.4 Å². The molecule has 2 N–H and O–H groups in total. The topological polar surface area (TPSA) is 102 Å². The molecule has 8 nitrogen and oxygen atoms in total. The molecule has 4 rings (SSSR count). The number of fused-ring (bicyclic) bond motifs is 1. The number of aromatic nitrogens is 3. The molecule has 2 amide bonds. The first-order chi connectivity index (χ1) is 14.5. The average molecular weight is 403 g/mol. The number of carbonyl (C=O) groups is 2. The molecule has 30 heavy (non-hydrogen) atoms. The number of hydrogen-bond acceptors (Lipinski definition) is 5. The molecule has 0 radical (unpaired) electrons. The lowest BCUT2D eigenvalue weighted by molar-refractivity contribution is 0.0962. The van der Waals surface area contributed by atoms with Gasteiger partial charge in [-0.05, 0) is 56.3 Å². The van der Waals surface area contributed by atoms with Gasteiger partial charge in [0.1, 0.15) is 5.69 Å². The second kappa shape index (κ2) is 7.82. The Morgan fingerprint density at radius 1 is 1.10 bits per heavy atom. The van der Waals surface area contributed by atoms with Crippen LogP contribution in [0.25, 0.3) is 22.5 Å². The van der Waals surface area contributed by atoms with Crippen LogP contribution in [0, 0.1) is 0 Å². The van der Waals surface area contributed by atoms with Crippen LogP contribution in [0.4, 0.5) is 5.69 Å². The molecule has 0 aliphatic carbocycles. The molecule has 152 valence electrons. The van der Waals surface area contributed by atoms with Gasteiger partial charge in [0.05, 0.1) is 23.4 Å². The maximum absolute atomic E-state index is 13.1. The summed E-state index contributed by atoms with van der Waals surface area (Å²) in [7, 11) is 1.57. The molecule has 0 atom stereocenters. The van der Waals surface area contributed by atoms with Crippen LogP contribution in [0.3, 0.4) is 0 Å². The van der Waals surface area contributed by atoms with Crippen LogP contribution in [0.1, 0.15) is 40.6 Å². The van der Waals surface area contributed by atoms with E-state index in [9.17, 15) is 9.59 Å². The van der Waals surface area contributed by atoms with Crippen molar-refractivity contribution in [2.24, 2.45) is 0 Å². The van der Waals surface area contributed by atoms with E-state index in [-0.39, 0.29) is 17.9 Å². The Morgan fingerprint density at radius 2 is 1.87 bits per heavy atom. The molecule has 4 aromatic rings. The normalized spacial score (nSPS) is 11.1. The number of nitrogens with zero attached hydrogens (tertiary/aromatic N) is 3. The maximum atomic E-state index is 13.1. The molecule has 3 heterocycles. The molecule has 0 fully saturated rings. The van der Waals surface area contributed by atoms with Gasteiger partial charge in [-0.1, -0.05) is 0 Å². The molecule has 3 aromatic heterocycles. The second-order valence-corrected chi connectivity index (χ2v) is 7.06. The number of amides is 2. The minimum atomic E-state index is -0.300. The van der Waals surface area contributed by atoms with Crippen LogP contribution in [-0.4, -0.2) is 33.6 Å². The summed E-state index contributed by atoms with van der Waals surface area (Å²) in [5, 5.41) is 10.5. The first-order valence-electron chi connectivity index (χ1n) is 9.53. The Balaban J connectivity index is 1.73. The fraction of sp³-hybridized carbons (Fsp3) is 0.182. The smallest absolute Gasteiger partial charge is 0.256 e. The first-order valence-corrected chi connectivity index (χ1v) is 9.53. The van der Waals surface area contributed by atoms with E-state index in [0.29, 0.717) is 39.3 Å². The molecule has 0 aliphatic rings. The Labute approximate surface area is 172 Å². The van der Waals surface area contributed by atoms with Crippen LogP contribution in [-0.2, 0) is 0 Å². The lowest BCUT2D eigenvalue weighted by Crippen LogP contribution is -2.18. The molecular weight excluding hydrogens is 382 g/mol. The van der Waals surface area contributed by atoms with Gasteiger partial charge in [0.15, 0.2) is 11.4 Å². The highest BCUT2D eigenvalue weighted by Gasteiger charge is 2.19. The summed E-state index contributed by atoms with van der Waals surface area (Å²) in [5.74, 6) is 0.0801. The van der Waals surface area contributed by atoms with E-state index < -0.39 is 0 Å². The van der Waals surface area contributed by atoms with Gasteiger partial charge in [-0.15, -0.1) is 0 Å². The Hall–Kier alpha value is -3.94. The quantitative estimate of drug-likeness (QED) is 0.526. The number of hydrogen-bond donors (Lipinski definition) is 2. The van der Waals surface area contributed by atoms with Gasteiger partial charge in [-0.3, -0.25) is 9.59 Å². The zero-order valence-electron chi connectivity index (χ0n) is 16.8. The summed E-state index contributed by atoms with van der Waals surface area (Å²) in [6.07, 6.45) is 3.21. The number of benzene rings is 1. The molecule has 0 bridgehead atoms. The summed E-state index contributed by atoms with van der Waals surface area (Å²) in [6.45, 7) is 4.00. The van der Waals surface area contributed by atoms with Crippen molar-refractivity contribution in [3.05, 3.63) is 66.1 Å². The van der Waals surface area contributed by atoms with E-state index in [0.717, 1.165) is 0 Å². The van der Waals surface area contributed by atoms with Crippen molar-refractivity contribution < 1.29 is 14.0 Å². The van der Waals surface area contributed by atoms with Gasteiger partial charge in [0.2, 0.25) is 0 Å². The number of carbonyl (C=O) groups excluding carboxylic acids is 2. The van der Waals surface area contributed by atoms with Crippen molar-refractivity contribution in [1.82, 2.24) is 20.1 Å². The summed E-state index contributed by atoms with van der Waals surface area (Å²) in [5.41, 5.74) is 2.69. The predicted molar refractivity (Wildman–Crippen MR) is 113 cm³/mol. The number of furan rings is 1. The minimum absolute atomic E-state index is 0.0787. The highest BCUT2D eigenvalue weighted by Crippen LogP contribution is 2.27. The fourth-order valence-corrected chi connectivity index (χ4v) is 3.18. The predicted octanol–water partition coefficient (Wildman–Crippen LogP) is 3.88. The molecule has 1 aromatic carbocycles. The summed E-state index contributed by atoms with van der Waals surface area (Å²) in [6, 6.07) is 12.0. The number of anilines is 1. The van der Waals surface area contributed by atoms with E-state index in [1.807, 2.05) is 13.8 Å². The van der Waals surface area contributed by atoms with Crippen molar-refractivity contribution >= 4 is 28.5 Å². The number of pyridine rings is 1. The molecule has 8 heteroatoms. The highest BCUT2D eigenvalue weighted by molar-refractivity contribution is 6.12. The third kappa shape index (κ3) is 3.55. The zero-order valence-corrected chi connectivity index (χ0v) is 16.8. The average Bonchev–Trinajstić information content (AvgIpc) is 3.42. The SMILES string of the molecule is CNC(=O)c1ccc(NC(=O)c2cc(-c3ccco3)nc3c2cnn3C(C)C)cc1. The van der Waals surface area contributed by atoms with Gasteiger partial charge < -0.3 is 15.1 Å². The summed E-state index contributed by atoms with van der Waals surface area (Å²) < 4.78 is 7.26. The van der Waals surface area contributed by atoms with E-state index in [1.54, 1.807) is 66.7 Å². The highest BCUT2D eigenvalue weighted by atomic mass is 16.3. The Kier molecular flexibility index (Phi) is 5.05. The van der Waals surface area contributed by atoms with Gasteiger partial charge in [0.25, 0.3) is 11.8 Å². The zero-order chi connectivity index (χ0) is 21.3. The van der Waals surface area contributed by atoms with Crippen molar-refractivity contribution in [3.63, 3.8) is 0 Å². The monoisotopic (exact) mass is 403 g/mol. The van der Waals surface area contributed by atoms with Gasteiger partial charge in [-0.25, -0.2) is 9.67 Å². The largest absolute Gasteiger partial charge is 0.463 e. The second-order valence-electron chi connectivity index (χ2n) is 7.06. The molecule has 0 unspecified atom stereocenters. The van der Waals surface area contributed by atoms with Crippen LogP contribution < -0.4 is 10.6 Å². The minimum Gasteiger partial charge on any atom is -0.463 e. The number of nitrogens with one attached hydrogen (secondary N) is 2. The van der Waals surface area contributed by atoms with E-state index in [2.05, 4.69) is 20.7 Å². The van der Waals surface area contributed by atoms with E-state index >= 15 is 0 Å². The van der Waals surface area contributed by atoms with Gasteiger partial charge >= 0.3 is 0 Å². The van der Waals surface area contributed by atoms with E-state index in [4.69, 9.17) is 4.42 Å². The van der Waals surface area contributed by atoms with Crippen LogP contribution in [0.2, 0.25) is 0 Å². The molecule has 0 aliphatic heterocycles. The first kappa shape index (κ1) is 19.4. The molecule has 0 saturated heterocycles. The lowest BCUT2D eigenvalue weighted by atomic mass is 10.1. The third-order valence-corrected chi connectivity index (χ3v) is 4.71. The van der Waals surface area contributed by atoms with Gasteiger partial charge in [-0.2, -0.15) is 5.10 Å². The van der Waals surface area contributed by atoms with Crippen molar-refractivity contribution in [2.45, 2.75) is 19.9 Å². The maximum Gasteiger partial charge on any atom is 0.256 e. The third-order valence-electron chi connectivity index (χ3n) is 4.71. The standard InChI is InChI=1S/C22H21N5O3/c1-13(2)27-20-17(12-24-27)16(11-18(26-20)19-5-4-10-30-19)22(29)25-15-8-6-14(7-9-15)21(28)23-3/h4-13H,1-3H3,(H,23,28)(H,25,29). The molecule has 0 saturated carbocycles.